The Kier molecular flexibility index (Phi) is 3.43. The fourth-order valence-electron chi connectivity index (χ4n) is 1.35. The van der Waals surface area contributed by atoms with Crippen LogP contribution in [-0.4, -0.2) is 10.8 Å². The molecule has 3 N–H and O–H groups in total. The first-order valence-electron chi connectivity index (χ1n) is 5.00. The number of aromatic nitrogens is 1. The molecule has 6 heteroatoms. The predicted octanol–water partition coefficient (Wildman–Crippen LogP) is 2.95. The molecule has 0 saturated heterocycles. The van der Waals surface area contributed by atoms with Gasteiger partial charge in [-0.2, -0.15) is 0 Å². The molecule has 0 unspecified atom stereocenters. The van der Waals surface area contributed by atoms with Crippen LogP contribution in [0.15, 0.2) is 36.5 Å². The number of amidine groups is 1. The predicted molar refractivity (Wildman–Crippen MR) is 66.7 cm³/mol. The molecule has 18 heavy (non-hydrogen) atoms. The summed E-state index contributed by atoms with van der Waals surface area (Å²) in [5, 5.41) is 7.63. The third-order valence-corrected chi connectivity index (χ3v) is 2.45. The minimum Gasteiger partial charge on any atom is -0.453 e. The lowest BCUT2D eigenvalue weighted by atomic mass is 10.3. The maximum absolute atomic E-state index is 13.1. The number of hydrogen-bond acceptors (Lipinski definition) is 3. The summed E-state index contributed by atoms with van der Waals surface area (Å²) in [7, 11) is 0. The fourth-order valence-corrected chi connectivity index (χ4v) is 1.51. The van der Waals surface area contributed by atoms with E-state index in [4.69, 9.17) is 27.5 Å². The molecule has 1 heterocycles. The SMILES string of the molecule is N=C(N)c1ncccc1Oc1cc(F)ccc1Cl. The molecule has 92 valence electrons. The van der Waals surface area contributed by atoms with Crippen LogP contribution in [0.5, 0.6) is 11.5 Å². The molecule has 1 aromatic heterocycles. The zero-order chi connectivity index (χ0) is 13.1. The van der Waals surface area contributed by atoms with Crippen molar-refractivity contribution >= 4 is 17.4 Å². The van der Waals surface area contributed by atoms with Crippen molar-refractivity contribution in [2.45, 2.75) is 0 Å². The van der Waals surface area contributed by atoms with Gasteiger partial charge in [-0.25, -0.2) is 9.37 Å². The van der Waals surface area contributed by atoms with Crippen molar-refractivity contribution in [3.63, 3.8) is 0 Å². The van der Waals surface area contributed by atoms with Crippen LogP contribution in [0.1, 0.15) is 5.69 Å². The van der Waals surface area contributed by atoms with E-state index < -0.39 is 5.82 Å². The summed E-state index contributed by atoms with van der Waals surface area (Å²) >= 11 is 5.88. The Balaban J connectivity index is 2.40. The molecular weight excluding hydrogens is 257 g/mol. The van der Waals surface area contributed by atoms with Gasteiger partial charge in [0.1, 0.15) is 23.1 Å². The van der Waals surface area contributed by atoms with Gasteiger partial charge in [0.05, 0.1) is 5.02 Å². The van der Waals surface area contributed by atoms with Crippen molar-refractivity contribution in [3.8, 4) is 11.5 Å². The number of nitrogens with one attached hydrogen (secondary N) is 1. The normalized spacial score (nSPS) is 10.1. The average molecular weight is 266 g/mol. The highest BCUT2D eigenvalue weighted by molar-refractivity contribution is 6.32. The number of halogens is 2. The van der Waals surface area contributed by atoms with E-state index in [1.54, 1.807) is 12.1 Å². The molecule has 2 rings (SSSR count). The Morgan fingerprint density at radius 3 is 2.83 bits per heavy atom. The van der Waals surface area contributed by atoms with Gasteiger partial charge in [0, 0.05) is 12.3 Å². The Morgan fingerprint density at radius 2 is 2.11 bits per heavy atom. The summed E-state index contributed by atoms with van der Waals surface area (Å²) in [5.41, 5.74) is 5.55. The second kappa shape index (κ2) is 5.01. The van der Waals surface area contributed by atoms with Gasteiger partial charge in [0.25, 0.3) is 0 Å². The minimum absolute atomic E-state index is 0.146. The Morgan fingerprint density at radius 1 is 1.33 bits per heavy atom. The summed E-state index contributed by atoms with van der Waals surface area (Å²) < 4.78 is 18.5. The van der Waals surface area contributed by atoms with E-state index in [-0.39, 0.29) is 28.1 Å². The van der Waals surface area contributed by atoms with Crippen LogP contribution in [0, 0.1) is 11.2 Å². The van der Waals surface area contributed by atoms with E-state index in [2.05, 4.69) is 4.98 Å². The molecule has 0 aliphatic carbocycles. The largest absolute Gasteiger partial charge is 0.453 e. The number of nitrogen functional groups attached to an aromatic ring is 1. The third-order valence-electron chi connectivity index (χ3n) is 2.14. The summed E-state index contributed by atoms with van der Waals surface area (Å²) in [6.45, 7) is 0. The lowest BCUT2D eigenvalue weighted by Gasteiger charge is -2.10. The van der Waals surface area contributed by atoms with Crippen LogP contribution in [0.4, 0.5) is 4.39 Å². The number of benzene rings is 1. The molecule has 1 aromatic carbocycles. The molecule has 0 amide bonds. The number of nitrogens with two attached hydrogens (primary N) is 1. The molecule has 0 aliphatic rings. The molecule has 0 spiro atoms. The maximum atomic E-state index is 13.1. The quantitative estimate of drug-likeness (QED) is 0.662. The van der Waals surface area contributed by atoms with Gasteiger partial charge < -0.3 is 10.5 Å². The number of ether oxygens (including phenoxy) is 1. The van der Waals surface area contributed by atoms with Gasteiger partial charge in [-0.3, -0.25) is 5.41 Å². The van der Waals surface area contributed by atoms with Crippen molar-refractivity contribution < 1.29 is 9.13 Å². The van der Waals surface area contributed by atoms with E-state index in [1.165, 1.54) is 18.3 Å². The highest BCUT2D eigenvalue weighted by Crippen LogP contribution is 2.30. The van der Waals surface area contributed by atoms with Crippen LogP contribution < -0.4 is 10.5 Å². The van der Waals surface area contributed by atoms with Crippen LogP contribution in [0.3, 0.4) is 0 Å². The molecule has 0 radical (unpaired) electrons. The van der Waals surface area contributed by atoms with Crippen molar-refractivity contribution in [1.82, 2.24) is 4.98 Å². The van der Waals surface area contributed by atoms with Crippen molar-refractivity contribution in [3.05, 3.63) is 53.1 Å². The molecule has 0 bridgehead atoms. The summed E-state index contributed by atoms with van der Waals surface area (Å²) in [6.07, 6.45) is 1.48. The molecule has 4 nitrogen and oxygen atoms in total. The lowest BCUT2D eigenvalue weighted by Crippen LogP contribution is -2.14. The molecule has 0 saturated carbocycles. The number of pyridine rings is 1. The van der Waals surface area contributed by atoms with E-state index in [0.717, 1.165) is 6.07 Å². The number of nitrogens with zero attached hydrogens (tertiary/aromatic N) is 1. The van der Waals surface area contributed by atoms with E-state index in [9.17, 15) is 4.39 Å². The minimum atomic E-state index is -0.470. The average Bonchev–Trinajstić information content (AvgIpc) is 2.34. The second-order valence-electron chi connectivity index (χ2n) is 3.44. The van der Waals surface area contributed by atoms with Gasteiger partial charge >= 0.3 is 0 Å². The summed E-state index contributed by atoms with van der Waals surface area (Å²) in [6, 6.07) is 6.96. The van der Waals surface area contributed by atoms with Gasteiger partial charge in [-0.15, -0.1) is 0 Å². The monoisotopic (exact) mass is 265 g/mol. The van der Waals surface area contributed by atoms with Crippen molar-refractivity contribution in [2.24, 2.45) is 5.73 Å². The van der Waals surface area contributed by atoms with Gasteiger partial charge in [0.2, 0.25) is 0 Å². The topological polar surface area (TPSA) is 72.0 Å². The molecule has 0 fully saturated rings. The smallest absolute Gasteiger partial charge is 0.156 e. The Hall–Kier alpha value is -2.14. The van der Waals surface area contributed by atoms with Crippen LogP contribution >= 0.6 is 11.6 Å². The second-order valence-corrected chi connectivity index (χ2v) is 3.85. The first kappa shape index (κ1) is 12.3. The maximum Gasteiger partial charge on any atom is 0.156 e. The van der Waals surface area contributed by atoms with E-state index in [1.807, 2.05) is 0 Å². The Bertz CT molecular complexity index is 604. The molecular formula is C12H9ClFN3O. The highest BCUT2D eigenvalue weighted by Gasteiger charge is 2.11. The molecule has 0 atom stereocenters. The zero-order valence-electron chi connectivity index (χ0n) is 9.15. The van der Waals surface area contributed by atoms with Crippen molar-refractivity contribution in [1.29, 1.82) is 5.41 Å². The van der Waals surface area contributed by atoms with Gasteiger partial charge in [-0.1, -0.05) is 11.6 Å². The van der Waals surface area contributed by atoms with Gasteiger partial charge in [-0.05, 0) is 24.3 Å². The van der Waals surface area contributed by atoms with E-state index >= 15 is 0 Å². The molecule has 0 aliphatic heterocycles. The third kappa shape index (κ3) is 2.57. The van der Waals surface area contributed by atoms with Crippen LogP contribution in [0.25, 0.3) is 0 Å². The van der Waals surface area contributed by atoms with E-state index in [0.29, 0.717) is 0 Å². The van der Waals surface area contributed by atoms with Crippen molar-refractivity contribution in [2.75, 3.05) is 0 Å². The Labute approximate surface area is 108 Å². The first-order valence-corrected chi connectivity index (χ1v) is 5.38. The van der Waals surface area contributed by atoms with Crippen LogP contribution in [0.2, 0.25) is 5.02 Å². The highest BCUT2D eigenvalue weighted by atomic mass is 35.5. The molecule has 2 aromatic rings. The zero-order valence-corrected chi connectivity index (χ0v) is 9.91. The lowest BCUT2D eigenvalue weighted by molar-refractivity contribution is 0.473. The van der Waals surface area contributed by atoms with Gasteiger partial charge in [0.15, 0.2) is 5.75 Å². The number of rotatable bonds is 3. The standard InChI is InChI=1S/C12H9ClFN3O/c13-8-4-3-7(14)6-10(8)18-9-2-1-5-17-11(9)12(15)16/h1-6H,(H3,15,16). The summed E-state index contributed by atoms with van der Waals surface area (Å²) in [5.74, 6) is -0.314. The van der Waals surface area contributed by atoms with Crippen LogP contribution in [-0.2, 0) is 0 Å². The summed E-state index contributed by atoms with van der Waals surface area (Å²) in [4.78, 5) is 3.92. The number of hydrogen-bond donors (Lipinski definition) is 2. The fraction of sp³-hybridized carbons (Fsp3) is 0. The first-order chi connectivity index (χ1) is 8.58.